The number of rotatable bonds is 6. The maximum Gasteiger partial charge on any atom is 0.295 e. The van der Waals surface area contributed by atoms with Gasteiger partial charge in [-0.25, -0.2) is 4.68 Å². The molecule has 1 aliphatic rings. The number of aryl methyl sites for hydroxylation is 1. The Kier molecular flexibility index (Phi) is 6.56. The van der Waals surface area contributed by atoms with Crippen molar-refractivity contribution in [1.29, 1.82) is 0 Å². The van der Waals surface area contributed by atoms with Gasteiger partial charge in [-0.2, -0.15) is 4.98 Å². The maximum absolute atomic E-state index is 13.1. The van der Waals surface area contributed by atoms with Crippen molar-refractivity contribution in [3.63, 3.8) is 0 Å². The largest absolute Gasteiger partial charge is 0.338 e. The van der Waals surface area contributed by atoms with Crippen LogP contribution in [0.15, 0.2) is 63.9 Å². The Hall–Kier alpha value is -3.98. The number of para-hydroxylation sites is 1. The van der Waals surface area contributed by atoms with Gasteiger partial charge in [0.15, 0.2) is 0 Å². The van der Waals surface area contributed by atoms with E-state index >= 15 is 0 Å². The molecule has 4 aromatic rings. The van der Waals surface area contributed by atoms with Crippen molar-refractivity contribution in [2.24, 2.45) is 13.0 Å². The van der Waals surface area contributed by atoms with Gasteiger partial charge in [0, 0.05) is 18.5 Å². The Morgan fingerprint density at radius 3 is 2.56 bits per heavy atom. The zero-order chi connectivity index (χ0) is 25.2. The predicted octanol–water partition coefficient (Wildman–Crippen LogP) is 3.69. The molecule has 2 aromatic heterocycles. The lowest BCUT2D eigenvalue weighted by Crippen LogP contribution is -2.38. The Morgan fingerprint density at radius 1 is 1.08 bits per heavy atom. The molecule has 1 aliphatic heterocycles. The number of carbonyl (C=O) groups is 1. The minimum absolute atomic E-state index is 0.111. The lowest BCUT2D eigenvalue weighted by molar-refractivity contribution is -0.121. The van der Waals surface area contributed by atoms with Gasteiger partial charge < -0.3 is 9.84 Å². The second-order valence-electron chi connectivity index (χ2n) is 9.36. The minimum Gasteiger partial charge on any atom is -0.338 e. The highest BCUT2D eigenvalue weighted by Crippen LogP contribution is 2.23. The molecule has 1 fully saturated rings. The van der Waals surface area contributed by atoms with Gasteiger partial charge in [-0.1, -0.05) is 47.1 Å². The van der Waals surface area contributed by atoms with Crippen molar-refractivity contribution < 1.29 is 9.32 Å². The van der Waals surface area contributed by atoms with Crippen LogP contribution < -0.4 is 10.9 Å². The van der Waals surface area contributed by atoms with Crippen LogP contribution in [0.1, 0.15) is 30.0 Å². The summed E-state index contributed by atoms with van der Waals surface area (Å²) >= 11 is 0. The van der Waals surface area contributed by atoms with E-state index in [9.17, 15) is 9.59 Å². The molecule has 9 heteroatoms. The van der Waals surface area contributed by atoms with Gasteiger partial charge >= 0.3 is 0 Å². The number of hydrogen-bond acceptors (Lipinski definition) is 6. The van der Waals surface area contributed by atoms with Gasteiger partial charge in [0.05, 0.1) is 17.9 Å². The molecule has 1 N–H and O–H groups in total. The first kappa shape index (κ1) is 23.7. The standard InChI is InChI=1S/C27H30N6O3/c1-18-8-7-9-21(16-18)25-28-23(36-30-25)17-32-14-12-20(13-15-32)26(34)29-24-19(2)31(3)33(27(24)35)22-10-5-4-6-11-22/h4-11,16,20H,12-15,17H2,1-3H3,(H,29,34). The van der Waals surface area contributed by atoms with Crippen LogP contribution in [0.3, 0.4) is 0 Å². The van der Waals surface area contributed by atoms with E-state index in [1.807, 2.05) is 75.5 Å². The van der Waals surface area contributed by atoms with Crippen LogP contribution >= 0.6 is 0 Å². The number of nitrogens with one attached hydrogen (secondary N) is 1. The van der Waals surface area contributed by atoms with Crippen molar-refractivity contribution in [3.05, 3.63) is 82.1 Å². The molecule has 0 saturated carbocycles. The molecule has 9 nitrogen and oxygen atoms in total. The SMILES string of the molecule is Cc1cccc(-c2noc(CN3CCC(C(=O)Nc4c(C)n(C)n(-c5ccccc5)c4=O)CC3)n2)c1. The molecule has 2 aromatic carbocycles. The predicted molar refractivity (Wildman–Crippen MR) is 137 cm³/mol. The first-order valence-corrected chi connectivity index (χ1v) is 12.2. The van der Waals surface area contributed by atoms with Gasteiger partial charge in [0.25, 0.3) is 5.56 Å². The Bertz CT molecular complexity index is 1430. The van der Waals surface area contributed by atoms with Crippen molar-refractivity contribution in [2.75, 3.05) is 18.4 Å². The molecule has 1 saturated heterocycles. The number of benzene rings is 2. The zero-order valence-electron chi connectivity index (χ0n) is 20.8. The quantitative estimate of drug-likeness (QED) is 0.446. The molecule has 0 radical (unpaired) electrons. The number of nitrogens with zero attached hydrogens (tertiary/aromatic N) is 5. The van der Waals surface area contributed by atoms with E-state index in [-0.39, 0.29) is 17.4 Å². The molecule has 36 heavy (non-hydrogen) atoms. The van der Waals surface area contributed by atoms with E-state index in [1.54, 1.807) is 9.36 Å². The lowest BCUT2D eigenvalue weighted by Gasteiger charge is -2.30. The van der Waals surface area contributed by atoms with E-state index in [1.165, 1.54) is 0 Å². The molecule has 186 valence electrons. The van der Waals surface area contributed by atoms with Crippen LogP contribution in [-0.2, 0) is 18.4 Å². The molecule has 3 heterocycles. The summed E-state index contributed by atoms with van der Waals surface area (Å²) in [5.74, 6) is 0.884. The molecule has 0 spiro atoms. The number of amides is 1. The fourth-order valence-electron chi connectivity index (χ4n) is 4.70. The molecular weight excluding hydrogens is 456 g/mol. The third-order valence-corrected chi connectivity index (χ3v) is 6.86. The van der Waals surface area contributed by atoms with Gasteiger partial charge in [-0.05, 0) is 58.0 Å². The highest BCUT2D eigenvalue weighted by Gasteiger charge is 2.28. The van der Waals surface area contributed by atoms with Crippen molar-refractivity contribution >= 4 is 11.6 Å². The molecule has 1 amide bonds. The van der Waals surface area contributed by atoms with E-state index in [4.69, 9.17) is 4.52 Å². The molecule has 0 atom stereocenters. The summed E-state index contributed by atoms with van der Waals surface area (Å²) in [7, 11) is 1.82. The molecule has 0 bridgehead atoms. The minimum atomic E-state index is -0.229. The highest BCUT2D eigenvalue weighted by atomic mass is 16.5. The average molecular weight is 487 g/mol. The monoisotopic (exact) mass is 486 g/mol. The summed E-state index contributed by atoms with van der Waals surface area (Å²) in [6, 6.07) is 17.4. The van der Waals surface area contributed by atoms with Crippen molar-refractivity contribution in [3.8, 4) is 17.1 Å². The topological polar surface area (TPSA) is 98.2 Å². The van der Waals surface area contributed by atoms with Crippen LogP contribution in [-0.4, -0.2) is 43.4 Å². The third kappa shape index (κ3) is 4.74. The van der Waals surface area contributed by atoms with E-state index in [2.05, 4.69) is 20.4 Å². The number of likely N-dealkylation sites (tertiary alicyclic amines) is 1. The Balaban J connectivity index is 1.20. The van der Waals surface area contributed by atoms with Crippen LogP contribution in [0.2, 0.25) is 0 Å². The highest BCUT2D eigenvalue weighted by molar-refractivity contribution is 5.93. The molecule has 0 aliphatic carbocycles. The van der Waals surface area contributed by atoms with Crippen LogP contribution in [0.25, 0.3) is 17.1 Å². The lowest BCUT2D eigenvalue weighted by atomic mass is 9.96. The van der Waals surface area contributed by atoms with Crippen molar-refractivity contribution in [1.82, 2.24) is 24.4 Å². The van der Waals surface area contributed by atoms with Crippen molar-refractivity contribution in [2.45, 2.75) is 33.2 Å². The number of aromatic nitrogens is 4. The van der Waals surface area contributed by atoms with Gasteiger partial charge in [-0.15, -0.1) is 0 Å². The average Bonchev–Trinajstić information content (AvgIpc) is 3.43. The fourth-order valence-corrected chi connectivity index (χ4v) is 4.70. The Labute approximate surface area is 209 Å². The smallest absolute Gasteiger partial charge is 0.295 e. The summed E-state index contributed by atoms with van der Waals surface area (Å²) in [5, 5.41) is 7.04. The van der Waals surface area contributed by atoms with Crippen LogP contribution in [0, 0.1) is 19.8 Å². The third-order valence-electron chi connectivity index (χ3n) is 6.86. The molecule has 0 unspecified atom stereocenters. The van der Waals surface area contributed by atoms with E-state index in [0.717, 1.165) is 35.6 Å². The number of hydrogen-bond donors (Lipinski definition) is 1. The first-order chi connectivity index (χ1) is 17.4. The summed E-state index contributed by atoms with van der Waals surface area (Å²) in [6.45, 7) is 5.90. The number of piperidine rings is 1. The maximum atomic E-state index is 13.1. The van der Waals surface area contributed by atoms with E-state index in [0.29, 0.717) is 36.8 Å². The Morgan fingerprint density at radius 2 is 1.83 bits per heavy atom. The van der Waals surface area contributed by atoms with Gasteiger partial charge in [-0.3, -0.25) is 19.2 Å². The first-order valence-electron chi connectivity index (χ1n) is 12.2. The second-order valence-corrected chi connectivity index (χ2v) is 9.36. The molecular formula is C27H30N6O3. The number of anilines is 1. The number of carbonyl (C=O) groups excluding carboxylic acids is 1. The van der Waals surface area contributed by atoms with Crippen LogP contribution in [0.5, 0.6) is 0 Å². The zero-order valence-corrected chi connectivity index (χ0v) is 20.8. The summed E-state index contributed by atoms with van der Waals surface area (Å²) < 4.78 is 8.81. The van der Waals surface area contributed by atoms with Crippen LogP contribution in [0.4, 0.5) is 5.69 Å². The normalized spacial score (nSPS) is 14.8. The summed E-state index contributed by atoms with van der Waals surface area (Å²) in [6.07, 6.45) is 1.40. The van der Waals surface area contributed by atoms with Gasteiger partial charge in [0.2, 0.25) is 17.6 Å². The summed E-state index contributed by atoms with van der Waals surface area (Å²) in [5.41, 5.74) is 3.66. The van der Waals surface area contributed by atoms with E-state index < -0.39 is 0 Å². The fraction of sp³-hybridized carbons (Fsp3) is 0.333. The van der Waals surface area contributed by atoms with Gasteiger partial charge in [0.1, 0.15) is 5.69 Å². The summed E-state index contributed by atoms with van der Waals surface area (Å²) in [4.78, 5) is 32.9. The molecule has 5 rings (SSSR count). The second kappa shape index (κ2) is 9.94.